The predicted octanol–water partition coefficient (Wildman–Crippen LogP) is 6.37. The van der Waals surface area contributed by atoms with Gasteiger partial charge in [-0.05, 0) is 86.2 Å². The predicted molar refractivity (Wildman–Crippen MR) is 210 cm³/mol. The van der Waals surface area contributed by atoms with Crippen LogP contribution in [0.3, 0.4) is 0 Å². The molecule has 1 atom stereocenters. The topological polar surface area (TPSA) is 155 Å². The van der Waals surface area contributed by atoms with E-state index in [9.17, 15) is 19.2 Å². The van der Waals surface area contributed by atoms with Crippen molar-refractivity contribution in [1.82, 2.24) is 29.7 Å². The summed E-state index contributed by atoms with van der Waals surface area (Å²) in [6, 6.07) is 20.2. The van der Waals surface area contributed by atoms with Crippen molar-refractivity contribution in [3.05, 3.63) is 108 Å². The maximum absolute atomic E-state index is 13.1. The van der Waals surface area contributed by atoms with Gasteiger partial charge in [-0.2, -0.15) is 0 Å². The Balaban J connectivity index is 0.679. The van der Waals surface area contributed by atoms with Gasteiger partial charge in [-0.1, -0.05) is 12.1 Å². The van der Waals surface area contributed by atoms with Gasteiger partial charge in [-0.25, -0.2) is 4.98 Å². The SMILES string of the molecule is Cn1c2ccncc2c2ccc(-c3ccc(OC4CC(Oc5ccc(CCCCCOc6ccc7c(c6)C(=O)N(C6CCC(=O)NC6=O)C7=O)nc5)C4)nc3)cc21. The van der Waals surface area contributed by atoms with Gasteiger partial charge in [-0.15, -0.1) is 0 Å². The van der Waals surface area contributed by atoms with Crippen LogP contribution in [0, 0.1) is 0 Å². The van der Waals surface area contributed by atoms with Crippen molar-refractivity contribution >= 4 is 45.4 Å². The molecular weight excluding hydrogens is 725 g/mol. The van der Waals surface area contributed by atoms with Gasteiger partial charge in [0, 0.05) is 78.5 Å². The summed E-state index contributed by atoms with van der Waals surface area (Å²) < 4.78 is 20.4. The number of nitrogens with one attached hydrogen (secondary N) is 1. The van der Waals surface area contributed by atoms with Gasteiger partial charge in [0.1, 0.15) is 29.7 Å². The van der Waals surface area contributed by atoms with Crippen molar-refractivity contribution in [3.63, 3.8) is 0 Å². The van der Waals surface area contributed by atoms with Crippen molar-refractivity contribution in [2.75, 3.05) is 6.61 Å². The fraction of sp³-hybridized carbons (Fsp3) is 0.295. The number of pyridine rings is 3. The Morgan fingerprint density at radius 3 is 2.37 bits per heavy atom. The van der Waals surface area contributed by atoms with Crippen LogP contribution in [-0.4, -0.2) is 72.9 Å². The highest BCUT2D eigenvalue weighted by Crippen LogP contribution is 2.34. The number of piperidine rings is 1. The van der Waals surface area contributed by atoms with E-state index in [0.717, 1.165) is 82.4 Å². The molecule has 2 aliphatic heterocycles. The van der Waals surface area contributed by atoms with Crippen molar-refractivity contribution in [2.45, 2.75) is 69.6 Å². The first-order valence-electron chi connectivity index (χ1n) is 19.3. The van der Waals surface area contributed by atoms with E-state index >= 15 is 0 Å². The van der Waals surface area contributed by atoms with Crippen molar-refractivity contribution in [1.29, 1.82) is 0 Å². The molecule has 2 aromatic carbocycles. The second-order valence-corrected chi connectivity index (χ2v) is 14.8. The number of aromatic nitrogens is 4. The molecule has 1 saturated heterocycles. The summed E-state index contributed by atoms with van der Waals surface area (Å²) in [5.41, 5.74) is 5.86. The van der Waals surface area contributed by atoms with Gasteiger partial charge in [0.2, 0.25) is 17.7 Å². The number of nitrogens with zero attached hydrogens (tertiary/aromatic N) is 5. The number of ether oxygens (including phenoxy) is 3. The third-order valence-corrected chi connectivity index (χ3v) is 11.1. The number of imide groups is 2. The molecule has 0 radical (unpaired) electrons. The Morgan fingerprint density at radius 1 is 0.737 bits per heavy atom. The van der Waals surface area contributed by atoms with Crippen molar-refractivity contribution in [3.8, 4) is 28.5 Å². The van der Waals surface area contributed by atoms with Crippen LogP contribution in [0.2, 0.25) is 0 Å². The van der Waals surface area contributed by atoms with Crippen molar-refractivity contribution < 1.29 is 33.4 Å². The van der Waals surface area contributed by atoms with E-state index < -0.39 is 29.7 Å². The normalized spacial score (nSPS) is 19.1. The van der Waals surface area contributed by atoms with E-state index in [1.165, 1.54) is 5.39 Å². The number of amides is 4. The van der Waals surface area contributed by atoms with E-state index in [-0.39, 0.29) is 36.2 Å². The van der Waals surface area contributed by atoms with E-state index in [4.69, 9.17) is 14.2 Å². The number of hydrogen-bond donors (Lipinski definition) is 1. The highest BCUT2D eigenvalue weighted by atomic mass is 16.5. The zero-order chi connectivity index (χ0) is 39.0. The van der Waals surface area contributed by atoms with Gasteiger partial charge in [-0.3, -0.25) is 39.4 Å². The molecule has 13 nitrogen and oxygen atoms in total. The molecule has 288 valence electrons. The summed E-state index contributed by atoms with van der Waals surface area (Å²) in [5, 5.41) is 4.54. The monoisotopic (exact) mass is 764 g/mol. The third kappa shape index (κ3) is 7.16. The average molecular weight is 765 g/mol. The zero-order valence-corrected chi connectivity index (χ0v) is 31.4. The number of carbonyl (C=O) groups excluding carboxylic acids is 4. The highest BCUT2D eigenvalue weighted by molar-refractivity contribution is 6.23. The van der Waals surface area contributed by atoms with Crippen molar-refractivity contribution in [2.24, 2.45) is 7.05 Å². The Kier molecular flexibility index (Phi) is 9.57. The standard InChI is InChI=1S/C44H40N6O7/c1-49-37-16-17-45-25-36(37)33-11-6-26(19-39(33)49)27-7-15-41(47-23-27)57-32-20-31(21-32)56-30-9-8-28(46-24-30)5-3-2-4-18-55-29-10-12-34-35(22-29)44(54)50(43(34)53)38-13-14-40(51)48-42(38)52/h6-12,15-17,19,22-25,31-32,38H,2-5,13-14,18,20-21H2,1H3,(H,48,51,52). The molecule has 13 heteroatoms. The maximum Gasteiger partial charge on any atom is 0.262 e. The fourth-order valence-electron chi connectivity index (χ4n) is 7.87. The zero-order valence-electron chi connectivity index (χ0n) is 31.4. The number of benzene rings is 2. The lowest BCUT2D eigenvalue weighted by Gasteiger charge is -2.34. The number of aryl methyl sites for hydroxylation is 2. The molecule has 6 aromatic rings. The van der Waals surface area contributed by atoms with Crippen LogP contribution in [0.4, 0.5) is 0 Å². The second-order valence-electron chi connectivity index (χ2n) is 14.8. The molecule has 2 fully saturated rings. The van der Waals surface area contributed by atoms with Crippen LogP contribution in [0.25, 0.3) is 32.9 Å². The van der Waals surface area contributed by atoms with E-state index in [0.29, 0.717) is 18.2 Å². The quantitative estimate of drug-likeness (QED) is 0.104. The first-order valence-corrected chi connectivity index (χ1v) is 19.3. The molecule has 6 heterocycles. The largest absolute Gasteiger partial charge is 0.494 e. The van der Waals surface area contributed by atoms with Crippen LogP contribution in [-0.2, 0) is 23.1 Å². The molecule has 4 amide bonds. The van der Waals surface area contributed by atoms with Gasteiger partial charge < -0.3 is 18.8 Å². The van der Waals surface area contributed by atoms with Crippen LogP contribution in [0.1, 0.15) is 71.4 Å². The van der Waals surface area contributed by atoms with Gasteiger partial charge in [0.25, 0.3) is 11.8 Å². The number of unbranched alkanes of at least 4 members (excludes halogenated alkanes) is 2. The minimum absolute atomic E-state index is 0.0510. The Morgan fingerprint density at radius 2 is 1.56 bits per heavy atom. The van der Waals surface area contributed by atoms with Crippen LogP contribution in [0.15, 0.2) is 91.5 Å². The maximum atomic E-state index is 13.1. The molecule has 1 saturated carbocycles. The first kappa shape index (κ1) is 36.0. The summed E-state index contributed by atoms with van der Waals surface area (Å²) >= 11 is 0. The Labute approximate surface area is 328 Å². The van der Waals surface area contributed by atoms with Crippen LogP contribution >= 0.6 is 0 Å². The molecule has 1 unspecified atom stereocenters. The second kappa shape index (κ2) is 15.1. The third-order valence-electron chi connectivity index (χ3n) is 11.1. The Bertz CT molecular complexity index is 2530. The Hall–Kier alpha value is -6.63. The molecule has 0 spiro atoms. The van der Waals surface area contributed by atoms with E-state index in [2.05, 4.69) is 50.1 Å². The van der Waals surface area contributed by atoms with Crippen LogP contribution < -0.4 is 19.5 Å². The lowest BCUT2D eigenvalue weighted by Crippen LogP contribution is -2.54. The number of hydrogen-bond acceptors (Lipinski definition) is 10. The molecule has 0 bridgehead atoms. The summed E-state index contributed by atoms with van der Waals surface area (Å²) in [6.07, 6.45) is 12.7. The van der Waals surface area contributed by atoms with Gasteiger partial charge >= 0.3 is 0 Å². The summed E-state index contributed by atoms with van der Waals surface area (Å²) in [7, 11) is 2.08. The molecule has 1 N–H and O–H groups in total. The van der Waals surface area contributed by atoms with E-state index in [1.54, 1.807) is 24.4 Å². The number of carbonyl (C=O) groups is 4. The van der Waals surface area contributed by atoms with Crippen LogP contribution in [0.5, 0.6) is 17.4 Å². The molecule has 1 aliphatic carbocycles. The molecule has 9 rings (SSSR count). The first-order chi connectivity index (χ1) is 27.8. The average Bonchev–Trinajstić information content (AvgIpc) is 3.64. The highest BCUT2D eigenvalue weighted by Gasteiger charge is 2.44. The molecule has 4 aromatic heterocycles. The molecular formula is C44H40N6O7. The minimum Gasteiger partial charge on any atom is -0.494 e. The van der Waals surface area contributed by atoms with E-state index in [1.807, 2.05) is 48.9 Å². The lowest BCUT2D eigenvalue weighted by molar-refractivity contribution is -0.136. The summed E-state index contributed by atoms with van der Waals surface area (Å²) in [6.45, 7) is 0.451. The lowest BCUT2D eigenvalue weighted by atomic mass is 9.92. The smallest absolute Gasteiger partial charge is 0.262 e. The fourth-order valence-corrected chi connectivity index (χ4v) is 7.87. The van der Waals surface area contributed by atoms with Gasteiger partial charge in [0.15, 0.2) is 0 Å². The number of rotatable bonds is 13. The summed E-state index contributed by atoms with van der Waals surface area (Å²) in [4.78, 5) is 64.2. The minimum atomic E-state index is -0.994. The molecule has 57 heavy (non-hydrogen) atoms. The number of fused-ring (bicyclic) bond motifs is 4. The van der Waals surface area contributed by atoms with Gasteiger partial charge in [0.05, 0.1) is 29.4 Å². The molecule has 3 aliphatic rings. The summed E-state index contributed by atoms with van der Waals surface area (Å²) in [5.74, 6) is -0.291.